The van der Waals surface area contributed by atoms with Gasteiger partial charge in [-0.2, -0.15) is 9.97 Å². The number of anilines is 8. The predicted molar refractivity (Wildman–Crippen MR) is 283 cm³/mol. The lowest BCUT2D eigenvalue weighted by Crippen LogP contribution is -2.52. The van der Waals surface area contributed by atoms with E-state index in [2.05, 4.69) is 112 Å². The van der Waals surface area contributed by atoms with Crippen LogP contribution in [-0.2, 0) is 15.9 Å². The number of fused-ring (bicyclic) bond motifs is 2. The predicted octanol–water partition coefficient (Wildman–Crippen LogP) is 9.08. The minimum absolute atomic E-state index is 0.0984. The third-order valence-corrected chi connectivity index (χ3v) is 15.1. The van der Waals surface area contributed by atoms with E-state index in [1.807, 2.05) is 6.07 Å². The molecule has 2 aromatic carbocycles. The van der Waals surface area contributed by atoms with E-state index < -0.39 is 12.9 Å². The Morgan fingerprint density at radius 1 is 0.653 bits per heavy atom. The molecule has 5 saturated heterocycles. The van der Waals surface area contributed by atoms with Gasteiger partial charge in [-0.15, -0.1) is 0 Å². The number of cyclic esters (lactones) is 2. The fraction of sp³-hybridized carbons (Fsp3) is 0.585. The van der Waals surface area contributed by atoms with E-state index in [9.17, 15) is 27.2 Å². The third-order valence-electron chi connectivity index (χ3n) is 15.1. The Morgan fingerprint density at radius 3 is 1.68 bits per heavy atom. The molecule has 0 spiro atoms. The summed E-state index contributed by atoms with van der Waals surface area (Å²) < 4.78 is 64.7. The number of nitrogens with zero attached hydrogens (tertiary/aromatic N) is 10. The van der Waals surface area contributed by atoms with Crippen LogP contribution in [0.1, 0.15) is 99.3 Å². The average molecular weight is 1050 g/mol. The number of amides is 2. The van der Waals surface area contributed by atoms with Crippen molar-refractivity contribution in [2.24, 2.45) is 0 Å². The largest absolute Gasteiger partial charge is 0.449 e. The third kappa shape index (κ3) is 13.7. The zero-order valence-corrected chi connectivity index (χ0v) is 43.4. The first kappa shape index (κ1) is 53.4. The maximum Gasteiger partial charge on any atom is 0.409 e. The molecule has 18 nitrogen and oxygen atoms in total. The van der Waals surface area contributed by atoms with Gasteiger partial charge in [-0.1, -0.05) is 6.92 Å². The van der Waals surface area contributed by atoms with Crippen LogP contribution in [0, 0.1) is 0 Å². The van der Waals surface area contributed by atoms with Gasteiger partial charge in [0.2, 0.25) is 11.9 Å². The molecule has 5 aliphatic heterocycles. The highest BCUT2D eigenvalue weighted by atomic mass is 19.3. The number of likely N-dealkylation sites (N-methyl/N-ethyl adjacent to an activating group) is 2. The van der Waals surface area contributed by atoms with Crippen molar-refractivity contribution in [1.82, 2.24) is 39.5 Å². The first-order chi connectivity index (χ1) is 36.4. The number of halogens is 4. The molecule has 10 rings (SSSR count). The zero-order valence-electron chi connectivity index (χ0n) is 43.4. The van der Waals surface area contributed by atoms with Gasteiger partial charge in [0.15, 0.2) is 0 Å². The van der Waals surface area contributed by atoms with Gasteiger partial charge >= 0.3 is 12.2 Å². The van der Waals surface area contributed by atoms with Crippen molar-refractivity contribution < 1.29 is 36.6 Å². The lowest BCUT2D eigenvalue weighted by molar-refractivity contribution is 0.0722. The highest BCUT2D eigenvalue weighted by Crippen LogP contribution is 2.45. The number of nitrogens with one attached hydrogen (secondary N) is 4. The zero-order chi connectivity index (χ0) is 52.4. The van der Waals surface area contributed by atoms with Crippen molar-refractivity contribution in [1.29, 1.82) is 0 Å². The number of rotatable bonds is 20. The topological polar surface area (TPSA) is 172 Å². The SMILES string of the molecule is CCc1cc(N2C[C@H]3CC[C@@H](C2)N3C)ccc1Nc1ncc(C(F)F)c(NCCCN2CCCOC2=O)n1.CN1CCN(c2ccc(Nc3ncc(C(F)F)c(NCCCN4CCCOC4=O)n3)c(C3CC3)c2)CC1. The van der Waals surface area contributed by atoms with Crippen LogP contribution in [0.5, 0.6) is 0 Å². The summed E-state index contributed by atoms with van der Waals surface area (Å²) >= 11 is 0. The number of benzene rings is 2. The number of hydrogen-bond donors (Lipinski definition) is 4. The van der Waals surface area contributed by atoms with Crippen LogP contribution in [0.2, 0.25) is 0 Å². The summed E-state index contributed by atoms with van der Waals surface area (Å²) in [6.45, 7) is 12.2. The first-order valence-electron chi connectivity index (χ1n) is 26.7. The fourth-order valence-electron chi connectivity index (χ4n) is 10.5. The minimum Gasteiger partial charge on any atom is -0.449 e. The molecule has 1 aliphatic carbocycles. The van der Waals surface area contributed by atoms with Crippen LogP contribution in [-0.4, -0.2) is 170 Å². The Bertz CT molecular complexity index is 2560. The quantitative estimate of drug-likeness (QED) is 0.0488. The van der Waals surface area contributed by atoms with Gasteiger partial charge in [-0.05, 0) is 125 Å². The molecule has 7 heterocycles. The van der Waals surface area contributed by atoms with Crippen LogP contribution < -0.4 is 31.1 Å². The van der Waals surface area contributed by atoms with E-state index in [-0.39, 0.29) is 46.8 Å². The Labute approximate surface area is 436 Å². The van der Waals surface area contributed by atoms with Crippen LogP contribution in [0.15, 0.2) is 48.8 Å². The van der Waals surface area contributed by atoms with E-state index in [4.69, 9.17) is 9.47 Å². The van der Waals surface area contributed by atoms with Crippen molar-refractivity contribution in [2.45, 2.75) is 95.6 Å². The van der Waals surface area contributed by atoms with Crippen molar-refractivity contribution in [2.75, 3.05) is 137 Å². The Morgan fingerprint density at radius 2 is 1.17 bits per heavy atom. The second-order valence-electron chi connectivity index (χ2n) is 20.3. The summed E-state index contributed by atoms with van der Waals surface area (Å²) in [6.07, 6.45) is 4.69. The summed E-state index contributed by atoms with van der Waals surface area (Å²) in [5.41, 5.74) is 6.08. The van der Waals surface area contributed by atoms with Crippen LogP contribution >= 0.6 is 0 Å². The van der Waals surface area contributed by atoms with E-state index >= 15 is 0 Å². The van der Waals surface area contributed by atoms with Crippen molar-refractivity contribution in [3.05, 3.63) is 71.0 Å². The van der Waals surface area contributed by atoms with E-state index in [1.165, 1.54) is 42.2 Å². The monoisotopic (exact) mass is 1040 g/mol. The minimum atomic E-state index is -2.70. The maximum absolute atomic E-state index is 13.6. The summed E-state index contributed by atoms with van der Waals surface area (Å²) in [4.78, 5) is 53.7. The van der Waals surface area contributed by atoms with Crippen molar-refractivity contribution in [3.8, 4) is 0 Å². The Hall–Kier alpha value is -6.42. The number of aryl methyl sites for hydroxylation is 1. The molecule has 2 atom stereocenters. The number of ether oxygens (including phenoxy) is 2. The Balaban J connectivity index is 0.000000184. The Kier molecular flexibility index (Phi) is 17.8. The summed E-state index contributed by atoms with van der Waals surface area (Å²) in [7, 11) is 4.38. The molecule has 22 heteroatoms. The molecule has 6 fully saturated rings. The van der Waals surface area contributed by atoms with Gasteiger partial charge < -0.3 is 55.2 Å². The van der Waals surface area contributed by atoms with Crippen molar-refractivity contribution in [3.63, 3.8) is 0 Å². The number of piperazine rings is 2. The van der Waals surface area contributed by atoms with Gasteiger partial charge in [0.1, 0.15) is 11.6 Å². The number of carbonyl (C=O) groups excluding carboxylic acids is 2. The highest BCUT2D eigenvalue weighted by Gasteiger charge is 2.38. The van der Waals surface area contributed by atoms with Crippen LogP contribution in [0.3, 0.4) is 0 Å². The smallest absolute Gasteiger partial charge is 0.409 e. The van der Waals surface area contributed by atoms with Gasteiger partial charge in [-0.25, -0.2) is 37.1 Å². The molecule has 0 unspecified atom stereocenters. The molecule has 0 radical (unpaired) electrons. The van der Waals surface area contributed by atoms with E-state index in [0.717, 1.165) is 88.3 Å². The van der Waals surface area contributed by atoms with E-state index in [0.29, 0.717) is 83.3 Å². The summed E-state index contributed by atoms with van der Waals surface area (Å²) in [6, 6.07) is 14.0. The molecule has 6 aliphatic rings. The fourth-order valence-corrected chi connectivity index (χ4v) is 10.5. The number of aromatic nitrogens is 4. The summed E-state index contributed by atoms with van der Waals surface area (Å²) in [5.74, 6) is 1.24. The molecule has 1 saturated carbocycles. The molecule has 2 aromatic heterocycles. The first-order valence-corrected chi connectivity index (χ1v) is 26.7. The molecular formula is C53H72F4N14O4. The standard InChI is InChI=1S/C27H37F2N7O2.C26H35F2N7O2/c1-3-18-14-19(36-16-20-6-7-21(17-36)34(20)2)8-9-23(18)32-26-31-15-22(24(28)29)25(33-26)30-10-4-11-35-12-5-13-38-27(35)37;1-33-11-13-34(14-12-33)19-6-7-22(20(16-19)18-4-5-18)31-25-30-17-21(23(27)28)24(32-25)29-8-2-9-35-10-3-15-37-26(35)36/h8-9,14-15,20-21,24H,3-7,10-13,16-17H2,1-2H3,(H2,30,31,32,33);6-7,16-18,23H,2-5,8-15H2,1H3,(H2,29,30,31,32)/t20-,21+;. The normalized spacial score (nSPS) is 20.2. The molecule has 406 valence electrons. The number of hydrogen-bond acceptors (Lipinski definition) is 16. The van der Waals surface area contributed by atoms with Crippen molar-refractivity contribution >= 4 is 58.5 Å². The molecule has 4 N–H and O–H groups in total. The highest BCUT2D eigenvalue weighted by molar-refractivity contribution is 5.70. The second-order valence-corrected chi connectivity index (χ2v) is 20.3. The second kappa shape index (κ2) is 24.9. The van der Waals surface area contributed by atoms with Gasteiger partial charge in [0, 0.05) is 126 Å². The lowest BCUT2D eigenvalue weighted by atomic mass is 10.1. The van der Waals surface area contributed by atoms with Crippen LogP contribution in [0.25, 0.3) is 0 Å². The van der Waals surface area contributed by atoms with Gasteiger partial charge in [-0.3, -0.25) is 4.90 Å². The molecule has 4 aromatic rings. The van der Waals surface area contributed by atoms with Crippen LogP contribution in [0.4, 0.5) is 73.4 Å². The maximum atomic E-state index is 13.6. The van der Waals surface area contributed by atoms with Gasteiger partial charge in [0.05, 0.1) is 24.3 Å². The summed E-state index contributed by atoms with van der Waals surface area (Å²) in [5, 5.41) is 12.6. The number of alkyl halides is 4. The average Bonchev–Trinajstić information content (AvgIpc) is 4.25. The molecule has 75 heavy (non-hydrogen) atoms. The van der Waals surface area contributed by atoms with E-state index in [1.54, 1.807) is 9.80 Å². The molecule has 2 amide bonds. The molecule has 2 bridgehead atoms. The van der Waals surface area contributed by atoms with Gasteiger partial charge in [0.25, 0.3) is 12.9 Å². The molecular weight excluding hydrogens is 973 g/mol. The number of carbonyl (C=O) groups is 2. The lowest BCUT2D eigenvalue weighted by Gasteiger charge is -2.40.